The molecule has 0 aliphatic rings. The minimum atomic E-state index is -0.435. The van der Waals surface area contributed by atoms with E-state index in [1.807, 2.05) is 0 Å². The van der Waals surface area contributed by atoms with Gasteiger partial charge in [0.15, 0.2) is 0 Å². The maximum atomic E-state index is 10.8. The average Bonchev–Trinajstić information content (AvgIpc) is 2.77. The molecule has 0 radical (unpaired) electrons. The van der Waals surface area contributed by atoms with Crippen LogP contribution >= 0.6 is 0 Å². The highest BCUT2D eigenvalue weighted by Gasteiger charge is 2.15. The summed E-state index contributed by atoms with van der Waals surface area (Å²) in [5.74, 6) is 0.637. The van der Waals surface area contributed by atoms with Crippen molar-refractivity contribution in [1.82, 2.24) is 10.2 Å². The first kappa shape index (κ1) is 11.2. The van der Waals surface area contributed by atoms with Crippen LogP contribution in [0.4, 0.5) is 5.69 Å². The number of hydrogen-bond donors (Lipinski definition) is 1. The number of nitrogens with two attached hydrogens (primary N) is 1. The molecule has 0 bridgehead atoms. The van der Waals surface area contributed by atoms with Gasteiger partial charge in [-0.3, -0.25) is 10.1 Å². The number of aromatic nitrogens is 2. The molecule has 0 unspecified atom stereocenters. The summed E-state index contributed by atoms with van der Waals surface area (Å²) in [4.78, 5) is 10.4. The van der Waals surface area contributed by atoms with Crippen LogP contribution in [0.3, 0.4) is 0 Å². The molecule has 7 nitrogen and oxygen atoms in total. The molecule has 2 aromatic rings. The van der Waals surface area contributed by atoms with Gasteiger partial charge in [0.2, 0.25) is 11.8 Å². The smallest absolute Gasteiger partial charge is 0.273 e. The molecule has 88 valence electrons. The Balaban J connectivity index is 2.26. The molecule has 1 aromatic carbocycles. The van der Waals surface area contributed by atoms with Gasteiger partial charge in [-0.05, 0) is 0 Å². The van der Waals surface area contributed by atoms with Crippen LogP contribution in [-0.2, 0) is 13.0 Å². The second kappa shape index (κ2) is 4.71. The molecule has 0 fully saturated rings. The highest BCUT2D eigenvalue weighted by atomic mass is 16.6. The highest BCUT2D eigenvalue weighted by molar-refractivity contribution is 5.41. The summed E-state index contributed by atoms with van der Waals surface area (Å²) in [5, 5.41) is 18.2. The third-order valence-electron chi connectivity index (χ3n) is 2.21. The Hall–Kier alpha value is -2.28. The van der Waals surface area contributed by atoms with Crippen LogP contribution < -0.4 is 5.73 Å². The number of hydrogen-bond acceptors (Lipinski definition) is 6. The standard InChI is InChI=1S/C10H10N4O3/c11-6-10-13-12-9(17-10)5-7-3-1-2-4-8(7)14(15)16/h1-4H,5-6,11H2. The largest absolute Gasteiger partial charge is 0.424 e. The van der Waals surface area contributed by atoms with Gasteiger partial charge in [-0.1, -0.05) is 18.2 Å². The van der Waals surface area contributed by atoms with Crippen LogP contribution in [0.2, 0.25) is 0 Å². The topological polar surface area (TPSA) is 108 Å². The molecule has 0 aliphatic carbocycles. The van der Waals surface area contributed by atoms with Crippen LogP contribution in [-0.4, -0.2) is 15.1 Å². The molecule has 0 atom stereocenters. The first-order valence-corrected chi connectivity index (χ1v) is 4.94. The molecule has 0 amide bonds. The maximum Gasteiger partial charge on any atom is 0.273 e. The van der Waals surface area contributed by atoms with Gasteiger partial charge in [-0.15, -0.1) is 10.2 Å². The molecule has 2 rings (SSSR count). The Morgan fingerprint density at radius 3 is 2.65 bits per heavy atom. The predicted octanol–water partition coefficient (Wildman–Crippen LogP) is 1.03. The van der Waals surface area contributed by atoms with Gasteiger partial charge in [0, 0.05) is 11.6 Å². The van der Waals surface area contributed by atoms with Gasteiger partial charge in [-0.2, -0.15) is 0 Å². The van der Waals surface area contributed by atoms with Crippen LogP contribution in [0, 0.1) is 10.1 Å². The van der Waals surface area contributed by atoms with Gasteiger partial charge in [0.1, 0.15) is 0 Å². The number of benzene rings is 1. The van der Waals surface area contributed by atoms with E-state index in [0.717, 1.165) is 0 Å². The van der Waals surface area contributed by atoms with Gasteiger partial charge >= 0.3 is 0 Å². The summed E-state index contributed by atoms with van der Waals surface area (Å²) >= 11 is 0. The lowest BCUT2D eigenvalue weighted by Crippen LogP contribution is -1.96. The molecule has 17 heavy (non-hydrogen) atoms. The van der Waals surface area contributed by atoms with E-state index < -0.39 is 4.92 Å². The van der Waals surface area contributed by atoms with Crippen LogP contribution in [0.15, 0.2) is 28.7 Å². The minimum absolute atomic E-state index is 0.0417. The molecule has 1 heterocycles. The fraction of sp³-hybridized carbons (Fsp3) is 0.200. The quantitative estimate of drug-likeness (QED) is 0.625. The lowest BCUT2D eigenvalue weighted by molar-refractivity contribution is -0.385. The average molecular weight is 234 g/mol. The molecule has 7 heteroatoms. The van der Waals surface area contributed by atoms with Crippen molar-refractivity contribution in [2.75, 3.05) is 0 Å². The number of nitro benzene ring substituents is 1. The molecule has 0 aliphatic heterocycles. The van der Waals surface area contributed by atoms with Crippen molar-refractivity contribution in [2.24, 2.45) is 5.73 Å². The Bertz CT molecular complexity index is 538. The summed E-state index contributed by atoms with van der Waals surface area (Å²) in [6.45, 7) is 0.157. The van der Waals surface area contributed by atoms with Gasteiger partial charge < -0.3 is 10.2 Å². The zero-order valence-corrected chi connectivity index (χ0v) is 8.87. The lowest BCUT2D eigenvalue weighted by Gasteiger charge is -1.98. The summed E-state index contributed by atoms with van der Waals surface area (Å²) < 4.78 is 5.20. The predicted molar refractivity (Wildman–Crippen MR) is 58.1 cm³/mol. The number of nitro groups is 1. The van der Waals surface area contributed by atoms with Gasteiger partial charge in [0.25, 0.3) is 5.69 Å². The monoisotopic (exact) mass is 234 g/mol. The van der Waals surface area contributed by atoms with Crippen molar-refractivity contribution < 1.29 is 9.34 Å². The van der Waals surface area contributed by atoms with Crippen molar-refractivity contribution in [3.63, 3.8) is 0 Å². The normalized spacial score (nSPS) is 10.4. The maximum absolute atomic E-state index is 10.8. The van der Waals surface area contributed by atoms with E-state index in [9.17, 15) is 10.1 Å². The van der Waals surface area contributed by atoms with E-state index in [4.69, 9.17) is 10.2 Å². The Labute approximate surface area is 96.4 Å². The number of rotatable bonds is 4. The Morgan fingerprint density at radius 2 is 2.00 bits per heavy atom. The second-order valence-corrected chi connectivity index (χ2v) is 3.36. The first-order valence-electron chi connectivity index (χ1n) is 4.94. The van der Waals surface area contributed by atoms with E-state index in [1.54, 1.807) is 18.2 Å². The first-order chi connectivity index (χ1) is 8.20. The van der Waals surface area contributed by atoms with E-state index in [0.29, 0.717) is 17.3 Å². The molecule has 0 saturated carbocycles. The molecular formula is C10H10N4O3. The molecule has 0 saturated heterocycles. The van der Waals surface area contributed by atoms with Gasteiger partial charge in [0.05, 0.1) is 17.9 Å². The van der Waals surface area contributed by atoms with Crippen LogP contribution in [0.5, 0.6) is 0 Å². The van der Waals surface area contributed by atoms with Crippen molar-refractivity contribution in [2.45, 2.75) is 13.0 Å². The summed E-state index contributed by atoms with van der Waals surface area (Å²) in [6.07, 6.45) is 0.226. The summed E-state index contributed by atoms with van der Waals surface area (Å²) in [6, 6.07) is 6.43. The number of para-hydroxylation sites is 1. The fourth-order valence-electron chi connectivity index (χ4n) is 1.44. The molecule has 2 N–H and O–H groups in total. The molecular weight excluding hydrogens is 224 g/mol. The lowest BCUT2D eigenvalue weighted by atomic mass is 10.1. The fourth-order valence-corrected chi connectivity index (χ4v) is 1.44. The zero-order valence-electron chi connectivity index (χ0n) is 8.87. The van der Waals surface area contributed by atoms with E-state index in [-0.39, 0.29) is 18.7 Å². The third kappa shape index (κ3) is 2.45. The zero-order chi connectivity index (χ0) is 12.3. The van der Waals surface area contributed by atoms with E-state index in [2.05, 4.69) is 10.2 Å². The van der Waals surface area contributed by atoms with Crippen LogP contribution in [0.25, 0.3) is 0 Å². The SMILES string of the molecule is NCc1nnc(Cc2ccccc2[N+](=O)[O-])o1. The van der Waals surface area contributed by atoms with Crippen molar-refractivity contribution in [3.05, 3.63) is 51.7 Å². The van der Waals surface area contributed by atoms with Crippen molar-refractivity contribution in [3.8, 4) is 0 Å². The van der Waals surface area contributed by atoms with E-state index in [1.165, 1.54) is 6.07 Å². The molecule has 0 spiro atoms. The summed E-state index contributed by atoms with van der Waals surface area (Å²) in [7, 11) is 0. The van der Waals surface area contributed by atoms with Crippen molar-refractivity contribution >= 4 is 5.69 Å². The minimum Gasteiger partial charge on any atom is -0.424 e. The van der Waals surface area contributed by atoms with Crippen molar-refractivity contribution in [1.29, 1.82) is 0 Å². The van der Waals surface area contributed by atoms with Gasteiger partial charge in [-0.25, -0.2) is 0 Å². The van der Waals surface area contributed by atoms with Crippen LogP contribution in [0.1, 0.15) is 17.3 Å². The van der Waals surface area contributed by atoms with E-state index >= 15 is 0 Å². The highest BCUT2D eigenvalue weighted by Crippen LogP contribution is 2.20. The number of nitrogens with zero attached hydrogens (tertiary/aromatic N) is 3. The Morgan fingerprint density at radius 1 is 1.29 bits per heavy atom. The third-order valence-corrected chi connectivity index (χ3v) is 2.21. The summed E-state index contributed by atoms with van der Waals surface area (Å²) in [5.41, 5.74) is 5.90. The molecule has 1 aromatic heterocycles. The second-order valence-electron chi connectivity index (χ2n) is 3.36. The Kier molecular flexibility index (Phi) is 3.10.